The van der Waals surface area contributed by atoms with Crippen molar-refractivity contribution in [3.8, 4) is 0 Å². The lowest BCUT2D eigenvalue weighted by Gasteiger charge is -2.15. The molecule has 0 saturated carbocycles. The summed E-state index contributed by atoms with van der Waals surface area (Å²) in [4.78, 5) is 35.8. The van der Waals surface area contributed by atoms with Crippen LogP contribution in [0, 0.1) is 17.0 Å². The molecule has 0 fully saturated rings. The maximum Gasteiger partial charge on any atom is 0.321 e. The summed E-state index contributed by atoms with van der Waals surface area (Å²) in [6.07, 6.45) is 0.421. The van der Waals surface area contributed by atoms with Crippen LogP contribution in [0.2, 0.25) is 0 Å². The highest BCUT2D eigenvalue weighted by atomic mass is 16.6. The van der Waals surface area contributed by atoms with Crippen LogP contribution in [0.15, 0.2) is 18.2 Å². The molecule has 0 radical (unpaired) electrons. The van der Waals surface area contributed by atoms with Gasteiger partial charge in [-0.05, 0) is 52.2 Å². The van der Waals surface area contributed by atoms with Crippen molar-refractivity contribution in [2.45, 2.75) is 25.8 Å². The molecule has 1 aromatic rings. The average Bonchev–Trinajstić information content (AvgIpc) is 2.51. The van der Waals surface area contributed by atoms with Crippen molar-refractivity contribution in [3.63, 3.8) is 0 Å². The summed E-state index contributed by atoms with van der Waals surface area (Å²) in [7, 11) is 3.83. The zero-order valence-corrected chi connectivity index (χ0v) is 14.6. The second-order valence-electron chi connectivity index (χ2n) is 6.03. The summed E-state index contributed by atoms with van der Waals surface area (Å²) in [5.41, 5.74) is 0.521. The molecule has 0 bridgehead atoms. The van der Waals surface area contributed by atoms with Gasteiger partial charge in [-0.15, -0.1) is 0 Å². The molecule has 9 heteroatoms. The molecule has 138 valence electrons. The Labute approximate surface area is 146 Å². The Kier molecular flexibility index (Phi) is 7.96. The molecule has 0 aliphatic rings. The van der Waals surface area contributed by atoms with Gasteiger partial charge in [0.1, 0.15) is 11.7 Å². The number of carboxylic acids is 1. The number of carbonyl (C=O) groups is 2. The molecule has 25 heavy (non-hydrogen) atoms. The van der Waals surface area contributed by atoms with Crippen molar-refractivity contribution < 1.29 is 19.6 Å². The van der Waals surface area contributed by atoms with Gasteiger partial charge in [-0.25, -0.2) is 0 Å². The third-order valence-electron chi connectivity index (χ3n) is 3.48. The highest BCUT2D eigenvalue weighted by Gasteiger charge is 2.22. The second kappa shape index (κ2) is 9.70. The largest absolute Gasteiger partial charge is 0.480 e. The first kappa shape index (κ1) is 20.5. The van der Waals surface area contributed by atoms with E-state index in [2.05, 4.69) is 10.6 Å². The smallest absolute Gasteiger partial charge is 0.321 e. The van der Waals surface area contributed by atoms with Gasteiger partial charge in [0, 0.05) is 6.07 Å². The Morgan fingerprint density at radius 1 is 1.36 bits per heavy atom. The zero-order chi connectivity index (χ0) is 19.0. The van der Waals surface area contributed by atoms with Crippen LogP contribution in [0.3, 0.4) is 0 Å². The minimum Gasteiger partial charge on any atom is -0.480 e. The summed E-state index contributed by atoms with van der Waals surface area (Å²) in [6.45, 7) is 2.95. The molecule has 9 nitrogen and oxygen atoms in total. The Hall–Kier alpha value is -2.52. The van der Waals surface area contributed by atoms with Crippen LogP contribution in [0.1, 0.15) is 18.4 Å². The van der Waals surface area contributed by atoms with E-state index >= 15 is 0 Å². The van der Waals surface area contributed by atoms with Crippen LogP contribution in [0.25, 0.3) is 0 Å². The number of rotatable bonds is 10. The molecule has 1 atom stereocenters. The molecule has 0 spiro atoms. The lowest BCUT2D eigenvalue weighted by atomic mass is 10.1. The molecule has 1 amide bonds. The van der Waals surface area contributed by atoms with E-state index in [1.165, 1.54) is 12.1 Å². The Morgan fingerprint density at radius 2 is 2.04 bits per heavy atom. The van der Waals surface area contributed by atoms with Gasteiger partial charge < -0.3 is 20.6 Å². The number of aryl methyl sites for hydroxylation is 1. The number of nitro benzene ring substituents is 1. The number of hydrogen-bond acceptors (Lipinski definition) is 6. The number of hydrogen-bond donors (Lipinski definition) is 3. The van der Waals surface area contributed by atoms with Gasteiger partial charge in [0.15, 0.2) is 0 Å². The fourth-order valence-corrected chi connectivity index (χ4v) is 2.20. The molecule has 0 aliphatic carbocycles. The van der Waals surface area contributed by atoms with Crippen molar-refractivity contribution in [3.05, 3.63) is 33.9 Å². The van der Waals surface area contributed by atoms with Crippen molar-refractivity contribution in [2.24, 2.45) is 0 Å². The number of aliphatic carboxylic acids is 1. The molecule has 1 aromatic carbocycles. The first-order valence-corrected chi connectivity index (χ1v) is 7.86. The van der Waals surface area contributed by atoms with Crippen LogP contribution in [0.4, 0.5) is 11.4 Å². The summed E-state index contributed by atoms with van der Waals surface area (Å²) >= 11 is 0. The molecule has 1 unspecified atom stereocenters. The Morgan fingerprint density at radius 3 is 2.60 bits per heavy atom. The minimum absolute atomic E-state index is 0.0531. The number of amides is 1. The highest BCUT2D eigenvalue weighted by Crippen LogP contribution is 2.25. The number of nitrogens with one attached hydrogen (secondary N) is 2. The van der Waals surface area contributed by atoms with E-state index in [0.717, 1.165) is 13.0 Å². The van der Waals surface area contributed by atoms with Crippen LogP contribution in [-0.2, 0) is 9.59 Å². The quantitative estimate of drug-likeness (QED) is 0.328. The minimum atomic E-state index is -1.14. The van der Waals surface area contributed by atoms with Crippen LogP contribution < -0.4 is 10.6 Å². The number of carboxylic acid groups (broad SMARTS) is 1. The van der Waals surface area contributed by atoms with E-state index in [9.17, 15) is 24.8 Å². The molecular formula is C16H24N4O5. The standard InChI is InChI=1S/C16H24N4O5/c1-11-5-6-12(14(9-11)20(24)25)18-15(21)10-13(16(22)23)17-7-4-8-19(2)3/h5-6,9,13,17H,4,7-8,10H2,1-3H3,(H,18,21)(H,22,23). The van der Waals surface area contributed by atoms with Crippen molar-refractivity contribution >= 4 is 23.3 Å². The highest BCUT2D eigenvalue weighted by molar-refractivity contribution is 5.95. The van der Waals surface area contributed by atoms with Crippen LogP contribution >= 0.6 is 0 Å². The van der Waals surface area contributed by atoms with Crippen molar-refractivity contribution in [2.75, 3.05) is 32.5 Å². The third kappa shape index (κ3) is 7.27. The number of nitrogens with zero attached hydrogens (tertiary/aromatic N) is 2. The summed E-state index contributed by atoms with van der Waals surface area (Å²) < 4.78 is 0. The summed E-state index contributed by atoms with van der Waals surface area (Å²) in [5, 5.41) is 25.5. The lowest BCUT2D eigenvalue weighted by Crippen LogP contribution is -2.40. The van der Waals surface area contributed by atoms with Gasteiger partial charge in [-0.1, -0.05) is 6.07 Å². The monoisotopic (exact) mass is 352 g/mol. The van der Waals surface area contributed by atoms with Gasteiger partial charge in [-0.3, -0.25) is 19.7 Å². The van der Waals surface area contributed by atoms with Gasteiger partial charge in [0.2, 0.25) is 5.91 Å². The van der Waals surface area contributed by atoms with Gasteiger partial charge in [0.25, 0.3) is 5.69 Å². The topological polar surface area (TPSA) is 125 Å². The fraction of sp³-hybridized carbons (Fsp3) is 0.500. The molecular weight excluding hydrogens is 328 g/mol. The number of nitro groups is 1. The van der Waals surface area contributed by atoms with Gasteiger partial charge >= 0.3 is 5.97 Å². The number of benzene rings is 1. The first-order chi connectivity index (χ1) is 11.7. The van der Waals surface area contributed by atoms with Gasteiger partial charge in [-0.2, -0.15) is 0 Å². The molecule has 3 N–H and O–H groups in total. The molecule has 0 saturated heterocycles. The number of anilines is 1. The van der Waals surface area contributed by atoms with E-state index < -0.39 is 22.8 Å². The van der Waals surface area contributed by atoms with E-state index in [-0.39, 0.29) is 17.8 Å². The van der Waals surface area contributed by atoms with Crippen LogP contribution in [-0.4, -0.2) is 60.0 Å². The van der Waals surface area contributed by atoms with Crippen LogP contribution in [0.5, 0.6) is 0 Å². The Balaban J connectivity index is 2.66. The SMILES string of the molecule is Cc1ccc(NC(=O)CC(NCCCN(C)C)C(=O)O)c([N+](=O)[O-])c1. The fourth-order valence-electron chi connectivity index (χ4n) is 2.20. The molecule has 0 heterocycles. The predicted octanol–water partition coefficient (Wildman–Crippen LogP) is 1.23. The second-order valence-corrected chi connectivity index (χ2v) is 6.03. The maximum absolute atomic E-state index is 12.1. The van der Waals surface area contributed by atoms with E-state index in [0.29, 0.717) is 12.1 Å². The number of carbonyl (C=O) groups excluding carboxylic acids is 1. The summed E-state index contributed by atoms with van der Waals surface area (Å²) in [5.74, 6) is -1.74. The predicted molar refractivity (Wildman–Crippen MR) is 93.7 cm³/mol. The molecule has 0 aromatic heterocycles. The normalized spacial score (nSPS) is 12.0. The zero-order valence-electron chi connectivity index (χ0n) is 14.6. The van der Waals surface area contributed by atoms with Gasteiger partial charge in [0.05, 0.1) is 11.3 Å². The first-order valence-electron chi connectivity index (χ1n) is 7.86. The molecule has 0 aliphatic heterocycles. The van der Waals surface area contributed by atoms with E-state index in [1.807, 2.05) is 19.0 Å². The Bertz CT molecular complexity index is 633. The lowest BCUT2D eigenvalue weighted by molar-refractivity contribution is -0.384. The molecule has 1 rings (SSSR count). The average molecular weight is 352 g/mol. The third-order valence-corrected chi connectivity index (χ3v) is 3.48. The van der Waals surface area contributed by atoms with E-state index in [1.54, 1.807) is 13.0 Å². The maximum atomic E-state index is 12.1. The van der Waals surface area contributed by atoms with Crippen molar-refractivity contribution in [1.29, 1.82) is 0 Å². The van der Waals surface area contributed by atoms with Crippen molar-refractivity contribution in [1.82, 2.24) is 10.2 Å². The van der Waals surface area contributed by atoms with E-state index in [4.69, 9.17) is 0 Å². The summed E-state index contributed by atoms with van der Waals surface area (Å²) in [6, 6.07) is 3.37.